The van der Waals surface area contributed by atoms with Gasteiger partial charge in [0, 0.05) is 25.1 Å². The number of ether oxygens (including phenoxy) is 1. The summed E-state index contributed by atoms with van der Waals surface area (Å²) in [5, 5.41) is 0. The van der Waals surface area contributed by atoms with E-state index in [1.807, 2.05) is 0 Å². The number of aromatic nitrogens is 2. The first-order chi connectivity index (χ1) is 9.74. The highest BCUT2D eigenvalue weighted by Gasteiger charge is 2.29. The minimum absolute atomic E-state index is 0.568. The summed E-state index contributed by atoms with van der Waals surface area (Å²) in [5.41, 5.74) is 9.48. The minimum atomic E-state index is 0.568. The summed E-state index contributed by atoms with van der Waals surface area (Å²) in [6, 6.07) is 8.85. The molecule has 0 saturated heterocycles. The molecule has 0 radical (unpaired) electrons. The number of anilines is 1. The van der Waals surface area contributed by atoms with Gasteiger partial charge in [0.25, 0.3) is 0 Å². The molecule has 0 aliphatic heterocycles. The molecule has 0 spiro atoms. The van der Waals surface area contributed by atoms with Gasteiger partial charge < -0.3 is 15.0 Å². The largest absolute Gasteiger partial charge is 0.383 e. The van der Waals surface area contributed by atoms with Crippen LogP contribution < -0.4 is 5.73 Å². The number of imidazole rings is 1. The number of rotatable bonds is 5. The number of benzene rings is 1. The topological polar surface area (TPSA) is 53.1 Å². The highest BCUT2D eigenvalue weighted by Crippen LogP contribution is 2.40. The number of nitrogen functional groups attached to an aromatic ring is 1. The molecule has 1 aliphatic carbocycles. The van der Waals surface area contributed by atoms with E-state index in [0.717, 1.165) is 34.9 Å². The van der Waals surface area contributed by atoms with Gasteiger partial charge in [0.15, 0.2) is 0 Å². The zero-order valence-corrected chi connectivity index (χ0v) is 12.1. The molecule has 4 nitrogen and oxygen atoms in total. The molecule has 1 saturated carbocycles. The highest BCUT2D eigenvalue weighted by molar-refractivity contribution is 5.71. The molecule has 4 heteroatoms. The van der Waals surface area contributed by atoms with Crippen LogP contribution in [0.3, 0.4) is 0 Å². The van der Waals surface area contributed by atoms with Gasteiger partial charge in [-0.05, 0) is 18.4 Å². The molecule has 1 heterocycles. The highest BCUT2D eigenvalue weighted by atomic mass is 16.5. The molecule has 1 aliphatic rings. The van der Waals surface area contributed by atoms with Crippen LogP contribution in [0.5, 0.6) is 0 Å². The van der Waals surface area contributed by atoms with E-state index in [-0.39, 0.29) is 0 Å². The number of nitrogens with zero attached hydrogens (tertiary/aromatic N) is 2. The summed E-state index contributed by atoms with van der Waals surface area (Å²) >= 11 is 0. The minimum Gasteiger partial charge on any atom is -0.383 e. The lowest BCUT2D eigenvalue weighted by molar-refractivity contribution is 0.185. The van der Waals surface area contributed by atoms with Gasteiger partial charge in [-0.1, -0.05) is 31.2 Å². The third-order valence-electron chi connectivity index (χ3n) is 3.79. The van der Waals surface area contributed by atoms with Crippen LogP contribution in [0.4, 0.5) is 5.82 Å². The summed E-state index contributed by atoms with van der Waals surface area (Å²) in [4.78, 5) is 4.74. The fourth-order valence-electron chi connectivity index (χ4n) is 2.62. The third-order valence-corrected chi connectivity index (χ3v) is 3.79. The van der Waals surface area contributed by atoms with Gasteiger partial charge in [0.1, 0.15) is 17.3 Å². The molecule has 1 aromatic heterocycles. The molecule has 3 rings (SSSR count). The first-order valence-corrected chi connectivity index (χ1v) is 7.19. The monoisotopic (exact) mass is 271 g/mol. The second-order valence-electron chi connectivity index (χ2n) is 5.35. The SMILES string of the molecule is CCc1nc(-c2ccc(COC)cc2)c(N)n1C1CC1. The molecule has 2 N–H and O–H groups in total. The zero-order valence-electron chi connectivity index (χ0n) is 12.1. The van der Waals surface area contributed by atoms with Crippen molar-refractivity contribution in [2.75, 3.05) is 12.8 Å². The van der Waals surface area contributed by atoms with Gasteiger partial charge in [-0.15, -0.1) is 0 Å². The Hall–Kier alpha value is -1.81. The van der Waals surface area contributed by atoms with Gasteiger partial charge in [0.05, 0.1) is 6.61 Å². The second kappa shape index (κ2) is 5.29. The molecule has 0 bridgehead atoms. The number of hydrogen-bond acceptors (Lipinski definition) is 3. The Labute approximate surface area is 119 Å². The Balaban J connectivity index is 1.97. The molecule has 2 aromatic rings. The molecule has 0 unspecified atom stereocenters. The van der Waals surface area contributed by atoms with Crippen molar-refractivity contribution in [2.45, 2.75) is 38.8 Å². The van der Waals surface area contributed by atoms with Gasteiger partial charge >= 0.3 is 0 Å². The fraction of sp³-hybridized carbons (Fsp3) is 0.438. The van der Waals surface area contributed by atoms with E-state index in [2.05, 4.69) is 35.8 Å². The van der Waals surface area contributed by atoms with Crippen LogP contribution in [0, 0.1) is 0 Å². The van der Waals surface area contributed by atoms with Crippen molar-refractivity contribution in [1.29, 1.82) is 0 Å². The van der Waals surface area contributed by atoms with Gasteiger partial charge in [-0.2, -0.15) is 0 Å². The van der Waals surface area contributed by atoms with E-state index < -0.39 is 0 Å². The van der Waals surface area contributed by atoms with Gasteiger partial charge in [-0.25, -0.2) is 4.98 Å². The Morgan fingerprint density at radius 2 is 2.00 bits per heavy atom. The van der Waals surface area contributed by atoms with E-state index in [0.29, 0.717) is 12.6 Å². The summed E-state index contributed by atoms with van der Waals surface area (Å²) in [6.45, 7) is 2.76. The van der Waals surface area contributed by atoms with Crippen molar-refractivity contribution in [1.82, 2.24) is 9.55 Å². The number of nitrogens with two attached hydrogens (primary N) is 1. The maximum Gasteiger partial charge on any atom is 0.131 e. The smallest absolute Gasteiger partial charge is 0.131 e. The quantitative estimate of drug-likeness (QED) is 0.908. The molecule has 106 valence electrons. The number of methoxy groups -OCH3 is 1. The molecule has 20 heavy (non-hydrogen) atoms. The van der Waals surface area contributed by atoms with Crippen LogP contribution in [0.25, 0.3) is 11.3 Å². The predicted octanol–water partition coefficient (Wildman–Crippen LogP) is 3.18. The van der Waals surface area contributed by atoms with Crippen molar-refractivity contribution < 1.29 is 4.74 Å². The van der Waals surface area contributed by atoms with Crippen LogP contribution >= 0.6 is 0 Å². The molecule has 0 amide bonds. The van der Waals surface area contributed by atoms with Gasteiger partial charge in [-0.3, -0.25) is 0 Å². The van der Waals surface area contributed by atoms with Crippen LogP contribution in [0.1, 0.15) is 37.2 Å². The van der Waals surface area contributed by atoms with E-state index in [1.165, 1.54) is 12.8 Å². The first kappa shape index (κ1) is 13.2. The van der Waals surface area contributed by atoms with Crippen molar-refractivity contribution in [3.05, 3.63) is 35.7 Å². The van der Waals surface area contributed by atoms with Gasteiger partial charge in [0.2, 0.25) is 0 Å². The average Bonchev–Trinajstić information content (AvgIpc) is 3.24. The Morgan fingerprint density at radius 3 is 2.55 bits per heavy atom. The predicted molar refractivity (Wildman–Crippen MR) is 80.4 cm³/mol. The summed E-state index contributed by atoms with van der Waals surface area (Å²) < 4.78 is 7.35. The zero-order chi connectivity index (χ0) is 14.1. The fourth-order valence-corrected chi connectivity index (χ4v) is 2.62. The van der Waals surface area contributed by atoms with Crippen LogP contribution in [-0.2, 0) is 17.8 Å². The number of hydrogen-bond donors (Lipinski definition) is 1. The lowest BCUT2D eigenvalue weighted by Gasteiger charge is -2.06. The summed E-state index contributed by atoms with van der Waals surface area (Å²) in [7, 11) is 1.71. The normalized spacial score (nSPS) is 14.7. The van der Waals surface area contributed by atoms with Crippen molar-refractivity contribution in [3.8, 4) is 11.3 Å². The standard InChI is InChI=1S/C16H21N3O/c1-3-14-18-15(16(17)19(14)13-8-9-13)12-6-4-11(5-7-12)10-20-2/h4-7,13H,3,8-10,17H2,1-2H3. The lowest BCUT2D eigenvalue weighted by Crippen LogP contribution is -2.04. The van der Waals surface area contributed by atoms with E-state index >= 15 is 0 Å². The Kier molecular flexibility index (Phi) is 3.49. The first-order valence-electron chi connectivity index (χ1n) is 7.19. The maximum atomic E-state index is 6.33. The Bertz CT molecular complexity index is 597. The van der Waals surface area contributed by atoms with E-state index in [1.54, 1.807) is 7.11 Å². The summed E-state index contributed by atoms with van der Waals surface area (Å²) in [5.74, 6) is 1.91. The van der Waals surface area contributed by atoms with Crippen molar-refractivity contribution >= 4 is 5.82 Å². The molecular weight excluding hydrogens is 250 g/mol. The van der Waals surface area contributed by atoms with E-state index in [9.17, 15) is 0 Å². The van der Waals surface area contributed by atoms with Crippen LogP contribution in [-0.4, -0.2) is 16.7 Å². The van der Waals surface area contributed by atoms with Crippen LogP contribution in [0.15, 0.2) is 24.3 Å². The Morgan fingerprint density at radius 1 is 1.30 bits per heavy atom. The molecule has 0 atom stereocenters. The van der Waals surface area contributed by atoms with Crippen LogP contribution in [0.2, 0.25) is 0 Å². The molecule has 1 aromatic carbocycles. The van der Waals surface area contributed by atoms with E-state index in [4.69, 9.17) is 15.5 Å². The molecule has 1 fully saturated rings. The summed E-state index contributed by atoms with van der Waals surface area (Å²) in [6.07, 6.45) is 3.36. The van der Waals surface area contributed by atoms with Crippen molar-refractivity contribution in [3.63, 3.8) is 0 Å². The lowest BCUT2D eigenvalue weighted by atomic mass is 10.1. The average molecular weight is 271 g/mol. The third kappa shape index (κ3) is 2.31. The van der Waals surface area contributed by atoms with Crippen molar-refractivity contribution in [2.24, 2.45) is 0 Å². The molecular formula is C16H21N3O. The second-order valence-corrected chi connectivity index (χ2v) is 5.35. The maximum absolute atomic E-state index is 6.33. The number of aryl methyl sites for hydroxylation is 1.